The molecule has 0 aromatic heterocycles. The Labute approximate surface area is 160 Å². The van der Waals surface area contributed by atoms with Gasteiger partial charge in [0.05, 0.1) is 4.90 Å². The van der Waals surface area contributed by atoms with Crippen molar-refractivity contribution in [3.05, 3.63) is 29.8 Å². The number of carbonyl (C=O) groups is 2. The molecule has 0 spiro atoms. The lowest BCUT2D eigenvalue weighted by molar-refractivity contribution is -0.125. The standard InChI is InChI=1S/C17H25N3O4S.ClH/c1-12-15(5-4-10-18-12)19-17(22)13-6-8-14(9-7-13)25(23,24)11-16(21)20(2)3;/h6-9,12,15,18H,4-5,10-11H2,1-3H3,(H,19,22);1H. The topological polar surface area (TPSA) is 95.6 Å². The lowest BCUT2D eigenvalue weighted by Gasteiger charge is -2.30. The summed E-state index contributed by atoms with van der Waals surface area (Å²) in [6.45, 7) is 2.98. The van der Waals surface area contributed by atoms with Crippen LogP contribution >= 0.6 is 12.4 Å². The monoisotopic (exact) mass is 403 g/mol. The van der Waals surface area contributed by atoms with E-state index in [1.165, 1.54) is 43.3 Å². The van der Waals surface area contributed by atoms with Crippen LogP contribution in [0, 0.1) is 0 Å². The molecule has 2 atom stereocenters. The zero-order chi connectivity index (χ0) is 18.6. The minimum atomic E-state index is -3.72. The number of piperidine rings is 1. The van der Waals surface area contributed by atoms with E-state index in [4.69, 9.17) is 0 Å². The third kappa shape index (κ3) is 5.69. The van der Waals surface area contributed by atoms with Gasteiger partial charge in [-0.3, -0.25) is 9.59 Å². The maximum atomic E-state index is 12.3. The normalized spacial score (nSPS) is 20.0. The number of rotatable bonds is 5. The van der Waals surface area contributed by atoms with Gasteiger partial charge in [-0.05, 0) is 50.6 Å². The summed E-state index contributed by atoms with van der Waals surface area (Å²) in [6.07, 6.45) is 1.92. The Morgan fingerprint density at radius 2 is 1.85 bits per heavy atom. The zero-order valence-corrected chi connectivity index (χ0v) is 16.8. The molecule has 1 aromatic rings. The summed E-state index contributed by atoms with van der Waals surface area (Å²) in [5.74, 6) is -1.30. The highest BCUT2D eigenvalue weighted by atomic mass is 35.5. The zero-order valence-electron chi connectivity index (χ0n) is 15.2. The highest BCUT2D eigenvalue weighted by Gasteiger charge is 2.24. The number of benzene rings is 1. The van der Waals surface area contributed by atoms with Crippen molar-refractivity contribution in [2.45, 2.75) is 36.7 Å². The van der Waals surface area contributed by atoms with E-state index in [1.807, 2.05) is 6.92 Å². The first-order chi connectivity index (χ1) is 11.7. The van der Waals surface area contributed by atoms with Crippen molar-refractivity contribution in [1.29, 1.82) is 0 Å². The van der Waals surface area contributed by atoms with Crippen molar-refractivity contribution in [3.63, 3.8) is 0 Å². The van der Waals surface area contributed by atoms with E-state index in [-0.39, 0.29) is 35.3 Å². The second-order valence-corrected chi connectivity index (χ2v) is 8.53. The van der Waals surface area contributed by atoms with Gasteiger partial charge in [0.15, 0.2) is 9.84 Å². The molecular formula is C17H26ClN3O4S. The summed E-state index contributed by atoms with van der Waals surface area (Å²) >= 11 is 0. The van der Waals surface area contributed by atoms with Gasteiger partial charge in [-0.1, -0.05) is 0 Å². The molecule has 146 valence electrons. The van der Waals surface area contributed by atoms with Crippen molar-refractivity contribution < 1.29 is 18.0 Å². The summed E-state index contributed by atoms with van der Waals surface area (Å²) in [5, 5.41) is 6.29. The molecule has 0 bridgehead atoms. The Bertz CT molecular complexity index is 735. The Morgan fingerprint density at radius 3 is 2.38 bits per heavy atom. The van der Waals surface area contributed by atoms with Crippen LogP contribution in [-0.2, 0) is 14.6 Å². The third-order valence-electron chi connectivity index (χ3n) is 4.37. The molecule has 2 amide bonds. The van der Waals surface area contributed by atoms with Gasteiger partial charge in [-0.15, -0.1) is 12.4 Å². The molecule has 2 unspecified atom stereocenters. The molecular weight excluding hydrogens is 378 g/mol. The van der Waals surface area contributed by atoms with E-state index in [1.54, 1.807) is 0 Å². The first-order valence-corrected chi connectivity index (χ1v) is 9.93. The first-order valence-electron chi connectivity index (χ1n) is 8.28. The fourth-order valence-electron chi connectivity index (χ4n) is 2.68. The number of halogens is 1. The van der Waals surface area contributed by atoms with Crippen LogP contribution in [-0.4, -0.2) is 63.6 Å². The van der Waals surface area contributed by atoms with Gasteiger partial charge >= 0.3 is 0 Å². The number of nitrogens with one attached hydrogen (secondary N) is 2. The maximum absolute atomic E-state index is 12.3. The molecule has 0 radical (unpaired) electrons. The summed E-state index contributed by atoms with van der Waals surface area (Å²) in [6, 6.07) is 5.95. The molecule has 1 aliphatic heterocycles. The Balaban J connectivity index is 0.00000338. The van der Waals surface area contributed by atoms with Gasteiger partial charge < -0.3 is 15.5 Å². The van der Waals surface area contributed by atoms with Gasteiger partial charge in [-0.2, -0.15) is 0 Å². The van der Waals surface area contributed by atoms with Crippen molar-refractivity contribution in [3.8, 4) is 0 Å². The summed E-state index contributed by atoms with van der Waals surface area (Å²) in [7, 11) is -0.703. The minimum Gasteiger partial charge on any atom is -0.348 e. The predicted molar refractivity (Wildman–Crippen MR) is 102 cm³/mol. The molecule has 2 N–H and O–H groups in total. The molecule has 0 saturated carbocycles. The maximum Gasteiger partial charge on any atom is 0.251 e. The van der Waals surface area contributed by atoms with E-state index in [0.29, 0.717) is 5.56 Å². The highest BCUT2D eigenvalue weighted by molar-refractivity contribution is 7.92. The number of nitrogens with zero attached hydrogens (tertiary/aromatic N) is 1. The number of sulfone groups is 1. The summed E-state index contributed by atoms with van der Waals surface area (Å²) in [4.78, 5) is 25.2. The predicted octanol–water partition coefficient (Wildman–Crippen LogP) is 0.841. The van der Waals surface area contributed by atoms with Crippen molar-refractivity contribution >= 4 is 34.1 Å². The van der Waals surface area contributed by atoms with Gasteiger partial charge in [-0.25, -0.2) is 8.42 Å². The van der Waals surface area contributed by atoms with Crippen LogP contribution in [0.2, 0.25) is 0 Å². The molecule has 26 heavy (non-hydrogen) atoms. The van der Waals surface area contributed by atoms with Crippen LogP contribution in [0.15, 0.2) is 29.2 Å². The van der Waals surface area contributed by atoms with E-state index < -0.39 is 21.5 Å². The minimum absolute atomic E-state index is 0. The molecule has 9 heteroatoms. The van der Waals surface area contributed by atoms with Crippen LogP contribution in [0.3, 0.4) is 0 Å². The van der Waals surface area contributed by atoms with Crippen LogP contribution < -0.4 is 10.6 Å². The fraction of sp³-hybridized carbons (Fsp3) is 0.529. The number of amides is 2. The summed E-state index contributed by atoms with van der Waals surface area (Å²) in [5.41, 5.74) is 0.399. The quantitative estimate of drug-likeness (QED) is 0.759. The number of hydrogen-bond donors (Lipinski definition) is 2. The molecule has 7 nitrogen and oxygen atoms in total. The van der Waals surface area contributed by atoms with Crippen molar-refractivity contribution in [1.82, 2.24) is 15.5 Å². The van der Waals surface area contributed by atoms with Crippen LogP contribution in [0.1, 0.15) is 30.1 Å². The second-order valence-electron chi connectivity index (χ2n) is 6.54. The molecule has 1 aromatic carbocycles. The number of hydrogen-bond acceptors (Lipinski definition) is 5. The van der Waals surface area contributed by atoms with E-state index in [9.17, 15) is 18.0 Å². The van der Waals surface area contributed by atoms with E-state index >= 15 is 0 Å². The number of carbonyl (C=O) groups excluding carboxylic acids is 2. The SMILES string of the molecule is CC1NCCCC1NC(=O)c1ccc(S(=O)(=O)CC(=O)N(C)C)cc1.Cl. The summed E-state index contributed by atoms with van der Waals surface area (Å²) < 4.78 is 24.5. The Morgan fingerprint density at radius 1 is 1.23 bits per heavy atom. The lowest BCUT2D eigenvalue weighted by Crippen LogP contribution is -2.51. The van der Waals surface area contributed by atoms with Gasteiger partial charge in [0.1, 0.15) is 5.75 Å². The smallest absolute Gasteiger partial charge is 0.251 e. The van der Waals surface area contributed by atoms with Crippen LogP contribution in [0.5, 0.6) is 0 Å². The fourth-order valence-corrected chi connectivity index (χ4v) is 3.98. The molecule has 1 saturated heterocycles. The molecule has 1 fully saturated rings. The van der Waals surface area contributed by atoms with Crippen molar-refractivity contribution in [2.24, 2.45) is 0 Å². The average Bonchev–Trinajstić information content (AvgIpc) is 2.56. The van der Waals surface area contributed by atoms with Gasteiger partial charge in [0, 0.05) is 31.7 Å². The van der Waals surface area contributed by atoms with Crippen LogP contribution in [0.25, 0.3) is 0 Å². The average molecular weight is 404 g/mol. The first kappa shape index (κ1) is 22.4. The van der Waals surface area contributed by atoms with E-state index in [2.05, 4.69) is 10.6 Å². The van der Waals surface area contributed by atoms with Gasteiger partial charge in [0.2, 0.25) is 5.91 Å². The molecule has 0 aliphatic carbocycles. The second kappa shape index (κ2) is 9.34. The lowest BCUT2D eigenvalue weighted by atomic mass is 9.99. The largest absolute Gasteiger partial charge is 0.348 e. The van der Waals surface area contributed by atoms with Crippen molar-refractivity contribution in [2.75, 3.05) is 26.4 Å². The van der Waals surface area contributed by atoms with Gasteiger partial charge in [0.25, 0.3) is 5.91 Å². The Kier molecular flexibility index (Phi) is 8.05. The molecule has 1 aliphatic rings. The van der Waals surface area contributed by atoms with E-state index in [0.717, 1.165) is 19.4 Å². The molecule has 1 heterocycles. The third-order valence-corrected chi connectivity index (χ3v) is 5.98. The van der Waals surface area contributed by atoms with Crippen LogP contribution in [0.4, 0.5) is 0 Å². The Hall–Kier alpha value is -1.64. The molecule has 2 rings (SSSR count). The highest BCUT2D eigenvalue weighted by Crippen LogP contribution is 2.14.